The lowest BCUT2D eigenvalue weighted by Crippen LogP contribution is -2.40. The molecule has 0 spiro atoms. The van der Waals surface area contributed by atoms with Crippen molar-refractivity contribution in [3.63, 3.8) is 0 Å². The summed E-state index contributed by atoms with van der Waals surface area (Å²) in [5, 5.41) is 1.73. The highest BCUT2D eigenvalue weighted by Crippen LogP contribution is 2.27. The smallest absolute Gasteiger partial charge is 0.309 e. The SMILES string of the molecule is Cc1cc(C(=O)COC(=O)C2CCN(S(=O)(=O)c3cccs3)CC2)c(C)n1-c1ccccc1. The van der Waals surface area contributed by atoms with Gasteiger partial charge >= 0.3 is 5.97 Å². The molecule has 9 heteroatoms. The highest BCUT2D eigenvalue weighted by Gasteiger charge is 2.33. The number of aryl methyl sites for hydroxylation is 1. The third-order valence-electron chi connectivity index (χ3n) is 5.97. The number of nitrogens with zero attached hydrogens (tertiary/aromatic N) is 2. The maximum atomic E-state index is 12.8. The van der Waals surface area contributed by atoms with Crippen molar-refractivity contribution in [2.24, 2.45) is 5.92 Å². The highest BCUT2D eigenvalue weighted by atomic mass is 32.2. The lowest BCUT2D eigenvalue weighted by Gasteiger charge is -2.29. The number of piperidine rings is 1. The summed E-state index contributed by atoms with van der Waals surface area (Å²) in [6.07, 6.45) is 0.750. The number of rotatable bonds is 7. The van der Waals surface area contributed by atoms with Gasteiger partial charge in [0, 0.05) is 35.7 Å². The Balaban J connectivity index is 1.34. The van der Waals surface area contributed by atoms with Crippen molar-refractivity contribution >= 4 is 33.1 Å². The second-order valence-corrected chi connectivity index (χ2v) is 11.2. The summed E-state index contributed by atoms with van der Waals surface area (Å²) < 4.78 is 34.3. The van der Waals surface area contributed by atoms with Crippen LogP contribution in [0.5, 0.6) is 0 Å². The van der Waals surface area contributed by atoms with Crippen LogP contribution in [-0.4, -0.2) is 48.7 Å². The Bertz CT molecular complexity index is 1240. The molecule has 0 amide bonds. The van der Waals surface area contributed by atoms with Gasteiger partial charge in [0.15, 0.2) is 6.61 Å². The van der Waals surface area contributed by atoms with Crippen LogP contribution in [0.4, 0.5) is 0 Å². The molecule has 1 saturated heterocycles. The number of thiophene rings is 1. The van der Waals surface area contributed by atoms with Crippen LogP contribution in [0.1, 0.15) is 34.6 Å². The van der Waals surface area contributed by atoms with Crippen molar-refractivity contribution in [2.75, 3.05) is 19.7 Å². The molecule has 1 aromatic carbocycles. The van der Waals surface area contributed by atoms with Crippen LogP contribution in [0, 0.1) is 19.8 Å². The van der Waals surface area contributed by atoms with E-state index in [1.165, 1.54) is 15.6 Å². The largest absolute Gasteiger partial charge is 0.457 e. The fourth-order valence-corrected chi connectivity index (χ4v) is 6.84. The first-order valence-electron chi connectivity index (χ1n) is 10.8. The Morgan fingerprint density at radius 2 is 1.76 bits per heavy atom. The Kier molecular flexibility index (Phi) is 6.83. The quantitative estimate of drug-likeness (QED) is 0.372. The number of carbonyl (C=O) groups excluding carboxylic acids is 2. The van der Waals surface area contributed by atoms with Gasteiger partial charge in [0.25, 0.3) is 10.0 Å². The van der Waals surface area contributed by atoms with Crippen LogP contribution in [0.2, 0.25) is 0 Å². The van der Waals surface area contributed by atoms with Gasteiger partial charge in [-0.05, 0) is 56.3 Å². The summed E-state index contributed by atoms with van der Waals surface area (Å²) in [6, 6.07) is 14.9. The predicted octanol–water partition coefficient (Wildman–Crippen LogP) is 3.98. The summed E-state index contributed by atoms with van der Waals surface area (Å²) in [7, 11) is -3.52. The van der Waals surface area contributed by atoms with E-state index >= 15 is 0 Å². The topological polar surface area (TPSA) is 85.7 Å². The lowest BCUT2D eigenvalue weighted by atomic mass is 9.98. The van der Waals surface area contributed by atoms with Crippen LogP contribution in [0.15, 0.2) is 58.1 Å². The maximum Gasteiger partial charge on any atom is 0.309 e. The van der Waals surface area contributed by atoms with E-state index in [4.69, 9.17) is 4.74 Å². The van der Waals surface area contributed by atoms with Gasteiger partial charge in [-0.1, -0.05) is 24.3 Å². The van der Waals surface area contributed by atoms with Crippen molar-refractivity contribution < 1.29 is 22.7 Å². The van der Waals surface area contributed by atoms with Gasteiger partial charge in [-0.3, -0.25) is 9.59 Å². The molecule has 33 heavy (non-hydrogen) atoms. The number of Topliss-reactive ketones (excluding diaryl/α,β-unsaturated/α-hetero) is 1. The second-order valence-electron chi connectivity index (χ2n) is 8.10. The zero-order chi connectivity index (χ0) is 23.6. The van der Waals surface area contributed by atoms with Gasteiger partial charge in [-0.25, -0.2) is 8.42 Å². The highest BCUT2D eigenvalue weighted by molar-refractivity contribution is 7.91. The molecule has 0 aliphatic carbocycles. The van der Waals surface area contributed by atoms with Crippen LogP contribution in [-0.2, 0) is 19.6 Å². The van der Waals surface area contributed by atoms with E-state index in [-0.39, 0.29) is 25.5 Å². The minimum absolute atomic E-state index is 0.253. The molecule has 1 aliphatic heterocycles. The molecular formula is C24H26N2O5S2. The molecule has 0 atom stereocenters. The molecule has 0 N–H and O–H groups in total. The molecule has 7 nitrogen and oxygen atoms in total. The summed E-state index contributed by atoms with van der Waals surface area (Å²) >= 11 is 1.18. The first-order chi connectivity index (χ1) is 15.8. The van der Waals surface area contributed by atoms with E-state index in [2.05, 4.69) is 0 Å². The molecule has 1 fully saturated rings. The number of esters is 1. The number of hydrogen-bond donors (Lipinski definition) is 0. The van der Waals surface area contributed by atoms with Crippen LogP contribution >= 0.6 is 11.3 Å². The van der Waals surface area contributed by atoms with Crippen molar-refractivity contribution in [1.82, 2.24) is 8.87 Å². The van der Waals surface area contributed by atoms with E-state index in [9.17, 15) is 18.0 Å². The molecule has 3 aromatic rings. The maximum absolute atomic E-state index is 12.8. The lowest BCUT2D eigenvalue weighted by molar-refractivity contribution is -0.148. The molecule has 0 unspecified atom stereocenters. The molecule has 0 bridgehead atoms. The van der Waals surface area contributed by atoms with Gasteiger partial charge in [0.1, 0.15) is 4.21 Å². The van der Waals surface area contributed by atoms with Crippen LogP contribution in [0.25, 0.3) is 5.69 Å². The molecule has 4 rings (SSSR count). The van der Waals surface area contributed by atoms with E-state index in [0.717, 1.165) is 17.1 Å². The average molecular weight is 487 g/mol. The molecule has 3 heterocycles. The van der Waals surface area contributed by atoms with E-state index < -0.39 is 21.9 Å². The summed E-state index contributed by atoms with van der Waals surface area (Å²) in [4.78, 5) is 25.3. The van der Waals surface area contributed by atoms with Crippen molar-refractivity contribution in [3.05, 3.63) is 70.9 Å². The monoisotopic (exact) mass is 486 g/mol. The first-order valence-corrected chi connectivity index (χ1v) is 13.1. The third-order valence-corrected chi connectivity index (χ3v) is 9.24. The number of carbonyl (C=O) groups is 2. The van der Waals surface area contributed by atoms with Crippen LogP contribution in [0.3, 0.4) is 0 Å². The van der Waals surface area contributed by atoms with E-state index in [1.54, 1.807) is 17.5 Å². The van der Waals surface area contributed by atoms with Crippen LogP contribution < -0.4 is 0 Å². The Morgan fingerprint density at radius 3 is 2.39 bits per heavy atom. The summed E-state index contributed by atoms with van der Waals surface area (Å²) in [5.74, 6) is -1.12. The van der Waals surface area contributed by atoms with Crippen molar-refractivity contribution in [2.45, 2.75) is 30.9 Å². The summed E-state index contributed by atoms with van der Waals surface area (Å²) in [5.41, 5.74) is 3.22. The van der Waals surface area contributed by atoms with Crippen molar-refractivity contribution in [3.8, 4) is 5.69 Å². The normalized spacial score (nSPS) is 15.5. The fraction of sp³-hybridized carbons (Fsp3) is 0.333. The standard InChI is InChI=1S/C24H26N2O5S2/c1-17-15-21(18(2)26(17)20-7-4-3-5-8-20)22(27)16-31-24(28)19-10-12-25(13-11-19)33(29,30)23-9-6-14-32-23/h3-9,14-15,19H,10-13,16H2,1-2H3. The number of sulfonamides is 1. The van der Waals surface area contributed by atoms with E-state index in [0.29, 0.717) is 22.6 Å². The molecule has 2 aromatic heterocycles. The van der Waals surface area contributed by atoms with Gasteiger partial charge in [0.05, 0.1) is 5.92 Å². The molecule has 0 saturated carbocycles. The number of hydrogen-bond acceptors (Lipinski definition) is 6. The number of ketones is 1. The molecular weight excluding hydrogens is 460 g/mol. The minimum atomic E-state index is -3.52. The zero-order valence-electron chi connectivity index (χ0n) is 18.6. The number of benzene rings is 1. The van der Waals surface area contributed by atoms with Gasteiger partial charge in [-0.15, -0.1) is 11.3 Å². The third kappa shape index (κ3) is 4.80. The Labute approximate surface area is 197 Å². The van der Waals surface area contributed by atoms with Crippen molar-refractivity contribution in [1.29, 1.82) is 0 Å². The first kappa shape index (κ1) is 23.4. The summed E-state index contributed by atoms with van der Waals surface area (Å²) in [6.45, 7) is 3.99. The number of aromatic nitrogens is 1. The van der Waals surface area contributed by atoms with Gasteiger partial charge in [-0.2, -0.15) is 4.31 Å². The van der Waals surface area contributed by atoms with Gasteiger partial charge in [0.2, 0.25) is 5.78 Å². The number of para-hydroxylation sites is 1. The predicted molar refractivity (Wildman–Crippen MR) is 126 cm³/mol. The second kappa shape index (κ2) is 9.62. The molecule has 1 aliphatic rings. The molecule has 0 radical (unpaired) electrons. The molecule has 174 valence electrons. The zero-order valence-corrected chi connectivity index (χ0v) is 20.2. The average Bonchev–Trinajstić information content (AvgIpc) is 3.47. The Morgan fingerprint density at radius 1 is 1.06 bits per heavy atom. The fourth-order valence-electron chi connectivity index (χ4n) is 4.22. The number of ether oxygens (including phenoxy) is 1. The minimum Gasteiger partial charge on any atom is -0.457 e. The van der Waals surface area contributed by atoms with Gasteiger partial charge < -0.3 is 9.30 Å². The Hall–Kier alpha value is -2.75. The van der Waals surface area contributed by atoms with E-state index in [1.807, 2.05) is 54.8 Å².